The third-order valence-electron chi connectivity index (χ3n) is 2.83. The van der Waals surface area contributed by atoms with Crippen LogP contribution in [0.1, 0.15) is 5.56 Å². The fourth-order valence-electron chi connectivity index (χ4n) is 1.89. The van der Waals surface area contributed by atoms with E-state index in [4.69, 9.17) is 0 Å². The number of aromatic nitrogens is 1. The first-order valence-electron chi connectivity index (χ1n) is 5.88. The maximum atomic E-state index is 11.2. The first-order valence-corrected chi connectivity index (χ1v) is 6.70. The Kier molecular flexibility index (Phi) is 3.01. The molecule has 0 aliphatic rings. The van der Waals surface area contributed by atoms with E-state index in [1.807, 2.05) is 55.8 Å². The largest absolute Gasteiger partial charge is 0.323 e. The van der Waals surface area contributed by atoms with E-state index in [0.29, 0.717) is 5.13 Å². The molecule has 19 heavy (non-hydrogen) atoms. The lowest BCUT2D eigenvalue weighted by molar-refractivity contribution is 0.556. The van der Waals surface area contributed by atoms with Gasteiger partial charge in [-0.2, -0.15) is 0 Å². The standard InChI is InChI=1S/C15H11N2OS/c1-11-7-8-13-14(9-11)19-15(16-13)17(10-18)12-5-3-2-4-6-12/h2-9H,1H3. The number of hydrogen-bond donors (Lipinski definition) is 0. The molecule has 0 aliphatic heterocycles. The molecule has 1 aromatic heterocycles. The van der Waals surface area contributed by atoms with Gasteiger partial charge in [0.15, 0.2) is 5.13 Å². The van der Waals surface area contributed by atoms with Crippen molar-refractivity contribution in [3.63, 3.8) is 0 Å². The van der Waals surface area contributed by atoms with E-state index >= 15 is 0 Å². The Morgan fingerprint density at radius 1 is 1.16 bits per heavy atom. The Bertz CT molecular complexity index is 721. The summed E-state index contributed by atoms with van der Waals surface area (Å²) in [5, 5.41) is 0.641. The van der Waals surface area contributed by atoms with E-state index < -0.39 is 0 Å². The van der Waals surface area contributed by atoms with Crippen molar-refractivity contribution in [2.75, 3.05) is 4.90 Å². The van der Waals surface area contributed by atoms with Crippen LogP contribution in [0, 0.1) is 6.92 Å². The molecule has 1 radical (unpaired) electrons. The third-order valence-corrected chi connectivity index (χ3v) is 3.83. The summed E-state index contributed by atoms with van der Waals surface area (Å²) in [4.78, 5) is 17.1. The van der Waals surface area contributed by atoms with Gasteiger partial charge in [0.1, 0.15) is 0 Å². The molecule has 0 fully saturated rings. The minimum atomic E-state index is 0.641. The zero-order chi connectivity index (χ0) is 13.2. The summed E-state index contributed by atoms with van der Waals surface area (Å²) in [7, 11) is 0. The molecule has 4 heteroatoms. The summed E-state index contributed by atoms with van der Waals surface area (Å²) >= 11 is 1.49. The number of anilines is 2. The molecule has 93 valence electrons. The van der Waals surface area contributed by atoms with E-state index in [0.717, 1.165) is 15.9 Å². The summed E-state index contributed by atoms with van der Waals surface area (Å²) in [5.74, 6) is 0. The van der Waals surface area contributed by atoms with Crippen molar-refractivity contribution in [1.82, 2.24) is 4.98 Å². The molecule has 0 bridgehead atoms. The summed E-state index contributed by atoms with van der Waals surface area (Å²) in [6.07, 6.45) is 1.94. The minimum absolute atomic E-state index is 0.641. The smallest absolute Gasteiger partial charge is 0.263 e. The summed E-state index contributed by atoms with van der Waals surface area (Å²) in [6.45, 7) is 2.04. The van der Waals surface area contributed by atoms with Gasteiger partial charge in [-0.3, -0.25) is 4.79 Å². The van der Waals surface area contributed by atoms with Crippen LogP contribution in [0.15, 0.2) is 48.5 Å². The number of carbonyl (C=O) groups excluding carboxylic acids is 1. The number of benzene rings is 2. The third kappa shape index (κ3) is 2.22. The predicted molar refractivity (Wildman–Crippen MR) is 78.6 cm³/mol. The van der Waals surface area contributed by atoms with Crippen LogP contribution in [0.5, 0.6) is 0 Å². The monoisotopic (exact) mass is 267 g/mol. The first-order chi connectivity index (χ1) is 9.28. The van der Waals surface area contributed by atoms with Gasteiger partial charge >= 0.3 is 6.41 Å². The number of aryl methyl sites for hydroxylation is 1. The molecule has 0 N–H and O–H groups in total. The fraction of sp³-hybridized carbons (Fsp3) is 0.0667. The van der Waals surface area contributed by atoms with Crippen LogP contribution in [0.25, 0.3) is 10.2 Å². The molecule has 3 rings (SSSR count). The van der Waals surface area contributed by atoms with Gasteiger partial charge in [-0.25, -0.2) is 9.88 Å². The summed E-state index contributed by atoms with van der Waals surface area (Å²) < 4.78 is 1.08. The van der Waals surface area contributed by atoms with Gasteiger partial charge in [-0.1, -0.05) is 35.6 Å². The average molecular weight is 267 g/mol. The van der Waals surface area contributed by atoms with Crippen LogP contribution in [0.2, 0.25) is 0 Å². The molecule has 0 atom stereocenters. The first kappa shape index (κ1) is 11.9. The van der Waals surface area contributed by atoms with Gasteiger partial charge in [-0.15, -0.1) is 0 Å². The highest BCUT2D eigenvalue weighted by Crippen LogP contribution is 2.32. The second-order valence-corrected chi connectivity index (χ2v) is 5.24. The molecule has 0 aliphatic carbocycles. The number of amides is 1. The molecular formula is C15H11N2OS. The normalized spacial score (nSPS) is 10.6. The molecule has 0 saturated carbocycles. The second-order valence-electron chi connectivity index (χ2n) is 4.23. The van der Waals surface area contributed by atoms with Crippen molar-refractivity contribution in [2.45, 2.75) is 6.92 Å². The molecule has 2 aromatic carbocycles. The molecule has 1 amide bonds. The van der Waals surface area contributed by atoms with Crippen molar-refractivity contribution in [2.24, 2.45) is 0 Å². The van der Waals surface area contributed by atoms with Crippen LogP contribution < -0.4 is 4.90 Å². The molecule has 0 spiro atoms. The topological polar surface area (TPSA) is 33.2 Å². The van der Waals surface area contributed by atoms with Crippen LogP contribution >= 0.6 is 11.3 Å². The molecule has 3 aromatic rings. The summed E-state index contributed by atoms with van der Waals surface area (Å²) in [5.41, 5.74) is 2.86. The van der Waals surface area contributed by atoms with Crippen LogP contribution in [0.4, 0.5) is 10.8 Å². The Morgan fingerprint density at radius 2 is 1.95 bits per heavy atom. The highest BCUT2D eigenvalue weighted by atomic mass is 32.1. The van der Waals surface area contributed by atoms with Crippen molar-refractivity contribution < 1.29 is 4.79 Å². The molecule has 1 heterocycles. The van der Waals surface area contributed by atoms with E-state index in [2.05, 4.69) is 11.1 Å². The number of para-hydroxylation sites is 1. The Morgan fingerprint density at radius 3 is 2.68 bits per heavy atom. The van der Waals surface area contributed by atoms with E-state index in [1.165, 1.54) is 21.8 Å². The van der Waals surface area contributed by atoms with E-state index in [1.54, 1.807) is 0 Å². The van der Waals surface area contributed by atoms with E-state index in [-0.39, 0.29) is 0 Å². The van der Waals surface area contributed by atoms with Gasteiger partial charge in [-0.05, 0) is 36.8 Å². The lowest BCUT2D eigenvalue weighted by Crippen LogP contribution is -2.13. The Labute approximate surface area is 115 Å². The van der Waals surface area contributed by atoms with Crippen LogP contribution in [0.3, 0.4) is 0 Å². The second kappa shape index (κ2) is 4.82. The van der Waals surface area contributed by atoms with Crippen molar-refractivity contribution >= 4 is 38.8 Å². The average Bonchev–Trinajstić information content (AvgIpc) is 2.83. The SMILES string of the molecule is Cc1ccc2nc(N([C]=O)c3ccccc3)sc2c1. The van der Waals surface area contributed by atoms with Crippen molar-refractivity contribution in [1.29, 1.82) is 0 Å². The van der Waals surface area contributed by atoms with Crippen molar-refractivity contribution in [3.8, 4) is 0 Å². The van der Waals surface area contributed by atoms with Crippen LogP contribution in [-0.4, -0.2) is 11.4 Å². The zero-order valence-electron chi connectivity index (χ0n) is 10.3. The highest BCUT2D eigenvalue weighted by Gasteiger charge is 2.14. The van der Waals surface area contributed by atoms with Gasteiger partial charge < -0.3 is 0 Å². The number of thiazole rings is 1. The molecule has 3 nitrogen and oxygen atoms in total. The minimum Gasteiger partial charge on any atom is -0.263 e. The maximum Gasteiger partial charge on any atom is 0.323 e. The lowest BCUT2D eigenvalue weighted by atomic mass is 10.2. The Balaban J connectivity index is 2.09. The molecule has 0 saturated heterocycles. The lowest BCUT2D eigenvalue weighted by Gasteiger charge is -2.11. The Hall–Kier alpha value is -2.20. The number of rotatable bonds is 3. The summed E-state index contributed by atoms with van der Waals surface area (Å²) in [6, 6.07) is 15.5. The maximum absolute atomic E-state index is 11.2. The number of hydrogen-bond acceptors (Lipinski definition) is 3. The zero-order valence-corrected chi connectivity index (χ0v) is 11.1. The highest BCUT2D eigenvalue weighted by molar-refractivity contribution is 7.22. The van der Waals surface area contributed by atoms with Crippen LogP contribution in [-0.2, 0) is 4.79 Å². The predicted octanol–water partition coefficient (Wildman–Crippen LogP) is 3.81. The van der Waals surface area contributed by atoms with Gasteiger partial charge in [0.25, 0.3) is 0 Å². The van der Waals surface area contributed by atoms with Gasteiger partial charge in [0.05, 0.1) is 15.9 Å². The van der Waals surface area contributed by atoms with E-state index in [9.17, 15) is 4.79 Å². The molecule has 0 unspecified atom stereocenters. The number of fused-ring (bicyclic) bond motifs is 1. The van der Waals surface area contributed by atoms with Gasteiger partial charge in [0.2, 0.25) is 0 Å². The quantitative estimate of drug-likeness (QED) is 0.676. The molecular weight excluding hydrogens is 256 g/mol. The fourth-order valence-corrected chi connectivity index (χ4v) is 2.93. The van der Waals surface area contributed by atoms with Crippen molar-refractivity contribution in [3.05, 3.63) is 54.1 Å². The van der Waals surface area contributed by atoms with Gasteiger partial charge in [0, 0.05) is 0 Å². The number of nitrogens with zero attached hydrogens (tertiary/aromatic N) is 2.